The van der Waals surface area contributed by atoms with E-state index in [0.29, 0.717) is 22.9 Å². The van der Waals surface area contributed by atoms with Crippen molar-refractivity contribution in [3.8, 4) is 0 Å². The maximum absolute atomic E-state index is 14.8. The zero-order valence-corrected chi connectivity index (χ0v) is 41.3. The first-order chi connectivity index (χ1) is 31.2. The predicted octanol–water partition coefficient (Wildman–Crippen LogP) is 3.31. The van der Waals surface area contributed by atoms with E-state index in [4.69, 9.17) is 33.2 Å². The summed E-state index contributed by atoms with van der Waals surface area (Å²) in [6, 6.07) is 8.36. The second kappa shape index (κ2) is 21.9. The number of rotatable bonds is 11. The van der Waals surface area contributed by atoms with Gasteiger partial charge in [-0.2, -0.15) is 0 Å². The Labute approximate surface area is 394 Å². The number of para-hydroxylation sites is 1. The number of ether oxygens (including phenoxy) is 7. The van der Waals surface area contributed by atoms with Crippen LogP contribution in [-0.4, -0.2) is 166 Å². The third-order valence-corrected chi connectivity index (χ3v) is 14.3. The van der Waals surface area contributed by atoms with Gasteiger partial charge in [0.2, 0.25) is 0 Å². The van der Waals surface area contributed by atoms with Gasteiger partial charge in [0.25, 0.3) is 5.91 Å². The molecule has 3 aliphatic rings. The molecule has 376 valence electrons. The molecule has 67 heavy (non-hydrogen) atoms. The van der Waals surface area contributed by atoms with E-state index < -0.39 is 119 Å². The molecule has 0 spiro atoms. The average molecular weight is 946 g/mol. The Hall–Kier alpha value is -3.69. The Morgan fingerprint density at radius 3 is 2.22 bits per heavy atom. The van der Waals surface area contributed by atoms with Crippen LogP contribution in [0.5, 0.6) is 0 Å². The van der Waals surface area contributed by atoms with Crippen molar-refractivity contribution >= 4 is 34.5 Å². The van der Waals surface area contributed by atoms with Crippen molar-refractivity contribution < 1.29 is 72.8 Å². The van der Waals surface area contributed by atoms with Gasteiger partial charge in [0.05, 0.1) is 64.8 Å². The summed E-state index contributed by atoms with van der Waals surface area (Å²) < 4.78 is 44.0. The monoisotopic (exact) mass is 946 g/mol. The molecule has 0 saturated carbocycles. The molecule has 1 aromatic carbocycles. The van der Waals surface area contributed by atoms with Gasteiger partial charge in [0.15, 0.2) is 18.7 Å². The zero-order chi connectivity index (χ0) is 49.9. The molecule has 2 aromatic rings. The molecule has 0 unspecified atom stereocenters. The number of nitrogens with zero attached hydrogens (tertiary/aromatic N) is 2. The third kappa shape index (κ3) is 12.2. The lowest BCUT2D eigenvalue weighted by atomic mass is 9.74. The molecular weight excluding hydrogens is 871 g/mol. The number of carbonyl (C=O) groups is 4. The van der Waals surface area contributed by atoms with Gasteiger partial charge >= 0.3 is 11.9 Å². The number of fused-ring (bicyclic) bond motifs is 1. The van der Waals surface area contributed by atoms with Crippen LogP contribution in [0.3, 0.4) is 0 Å². The first kappa shape index (κ1) is 54.3. The van der Waals surface area contributed by atoms with Crippen molar-refractivity contribution in [1.29, 1.82) is 0 Å². The fourth-order valence-corrected chi connectivity index (χ4v) is 10.3. The lowest BCUT2D eigenvalue weighted by Crippen LogP contribution is -2.61. The van der Waals surface area contributed by atoms with Gasteiger partial charge in [-0.15, -0.1) is 0 Å². The number of aromatic nitrogens is 1. The van der Waals surface area contributed by atoms with Crippen molar-refractivity contribution in [2.75, 3.05) is 27.7 Å². The number of benzene rings is 1. The standard InChI is InChI=1S/C49H75N3O15/c1-25-23-47(8,59)43(67-46-40(64-31(7)53)35(52(11)12)22-26(2)62-46)28(4)39(66-37-24-48(9,61-13)42(56)30(6)63-37)29(5)45(58)65-36(49(10,60)41(55)27(3)38(25)54)19-21-51-44(57)33-18-20-50-34-17-15-14-16-32(33)34/h14-18,20,25-30,35-37,39-43,46,55-56,59-60H,19,21-24H2,1-13H3,(H,51,57)/t25-,26-,27+,28+,29-,30+,35+,36-,37+,39+,40-,41-,42+,43-,46+,47-,48-,49-/m1/s1. The second-order valence-electron chi connectivity index (χ2n) is 20.1. The summed E-state index contributed by atoms with van der Waals surface area (Å²) in [5, 5.41) is 51.4. The topological polar surface area (TPSA) is 242 Å². The number of hydrogen-bond donors (Lipinski definition) is 5. The fourth-order valence-electron chi connectivity index (χ4n) is 10.3. The molecule has 4 heterocycles. The highest BCUT2D eigenvalue weighted by Crippen LogP contribution is 2.41. The first-order valence-corrected chi connectivity index (χ1v) is 23.4. The van der Waals surface area contributed by atoms with Crippen LogP contribution in [0.1, 0.15) is 105 Å². The molecule has 5 N–H and O–H groups in total. The van der Waals surface area contributed by atoms with E-state index in [1.807, 2.05) is 32.0 Å². The summed E-state index contributed by atoms with van der Waals surface area (Å²) in [5.41, 5.74) is -4.33. The number of hydrogen-bond acceptors (Lipinski definition) is 17. The van der Waals surface area contributed by atoms with E-state index in [1.165, 1.54) is 41.0 Å². The molecular formula is C49H75N3O15. The number of aliphatic hydroxyl groups is 4. The van der Waals surface area contributed by atoms with Crippen molar-refractivity contribution in [3.05, 3.63) is 42.1 Å². The van der Waals surface area contributed by atoms with E-state index in [0.717, 1.165) is 0 Å². The van der Waals surface area contributed by atoms with Crippen LogP contribution in [0.4, 0.5) is 0 Å². The van der Waals surface area contributed by atoms with Gasteiger partial charge in [-0.25, -0.2) is 0 Å². The highest BCUT2D eigenvalue weighted by molar-refractivity contribution is 6.05. The first-order valence-electron chi connectivity index (χ1n) is 23.4. The lowest BCUT2D eigenvalue weighted by molar-refractivity contribution is -0.318. The second-order valence-corrected chi connectivity index (χ2v) is 20.1. The molecule has 1 amide bonds. The summed E-state index contributed by atoms with van der Waals surface area (Å²) in [5.74, 6) is -6.81. The summed E-state index contributed by atoms with van der Waals surface area (Å²) in [6.45, 7) is 15.5. The van der Waals surface area contributed by atoms with Crippen molar-refractivity contribution in [2.45, 2.75) is 179 Å². The highest BCUT2D eigenvalue weighted by Gasteiger charge is 2.54. The maximum Gasteiger partial charge on any atom is 0.311 e. The average Bonchev–Trinajstić information content (AvgIpc) is 3.26. The molecule has 3 fully saturated rings. The quantitative estimate of drug-likeness (QED) is 0.203. The minimum Gasteiger partial charge on any atom is -0.459 e. The van der Waals surface area contributed by atoms with E-state index >= 15 is 0 Å². The van der Waals surface area contributed by atoms with E-state index in [-0.39, 0.29) is 38.0 Å². The van der Waals surface area contributed by atoms with Gasteiger partial charge in [0.1, 0.15) is 23.6 Å². The number of likely N-dealkylation sites (N-methyl/N-ethyl adjacent to an activating group) is 1. The van der Waals surface area contributed by atoms with Gasteiger partial charge in [-0.1, -0.05) is 39.0 Å². The maximum atomic E-state index is 14.8. The molecule has 18 heteroatoms. The van der Waals surface area contributed by atoms with E-state index in [2.05, 4.69) is 10.3 Å². The number of pyridine rings is 1. The van der Waals surface area contributed by atoms with Gasteiger partial charge in [-0.05, 0) is 80.6 Å². The Kier molecular flexibility index (Phi) is 17.8. The van der Waals surface area contributed by atoms with Crippen LogP contribution >= 0.6 is 0 Å². The number of amides is 1. The summed E-state index contributed by atoms with van der Waals surface area (Å²) in [6.07, 6.45) is -9.75. The van der Waals surface area contributed by atoms with E-state index in [1.54, 1.807) is 58.9 Å². The summed E-state index contributed by atoms with van der Waals surface area (Å²) >= 11 is 0. The van der Waals surface area contributed by atoms with Gasteiger partial charge < -0.3 is 63.8 Å². The Morgan fingerprint density at radius 1 is 0.910 bits per heavy atom. The van der Waals surface area contributed by atoms with Crippen LogP contribution < -0.4 is 5.32 Å². The highest BCUT2D eigenvalue weighted by atomic mass is 16.7. The number of Topliss-reactive ketones (excluding diaryl/α,β-unsaturated/α-hetero) is 1. The van der Waals surface area contributed by atoms with Crippen LogP contribution in [-0.2, 0) is 47.5 Å². The molecule has 3 saturated heterocycles. The molecule has 18 atom stereocenters. The van der Waals surface area contributed by atoms with Crippen LogP contribution in [0.25, 0.3) is 10.9 Å². The minimum atomic E-state index is -2.25. The number of nitrogens with one attached hydrogen (secondary N) is 1. The Balaban J connectivity index is 1.58. The number of ketones is 1. The zero-order valence-electron chi connectivity index (χ0n) is 41.3. The number of methoxy groups -OCH3 is 1. The fraction of sp³-hybridized carbons (Fsp3) is 0.735. The lowest BCUT2D eigenvalue weighted by Gasteiger charge is -2.49. The normalized spacial score (nSPS) is 40.5. The molecule has 3 aliphatic heterocycles. The number of aliphatic hydroxyl groups excluding tert-OH is 2. The summed E-state index contributed by atoms with van der Waals surface area (Å²) in [4.78, 5) is 61.5. The third-order valence-electron chi connectivity index (χ3n) is 14.3. The molecule has 0 radical (unpaired) electrons. The Bertz CT molecular complexity index is 2030. The van der Waals surface area contributed by atoms with Crippen molar-refractivity contribution in [2.24, 2.45) is 23.7 Å². The van der Waals surface area contributed by atoms with Gasteiger partial charge in [-0.3, -0.25) is 24.2 Å². The van der Waals surface area contributed by atoms with Crippen LogP contribution in [0.2, 0.25) is 0 Å². The molecule has 18 nitrogen and oxygen atoms in total. The van der Waals surface area contributed by atoms with E-state index in [9.17, 15) is 39.6 Å². The number of esters is 2. The van der Waals surface area contributed by atoms with Crippen molar-refractivity contribution in [3.63, 3.8) is 0 Å². The smallest absolute Gasteiger partial charge is 0.311 e. The SMILES string of the molecule is CO[C@]1(C)C[C@H](O[C@H]2[C@H](C)[C@@H](O[C@@H]3O[C@H](C)C[C@H](N(C)C)[C@H]3OC(C)=O)[C@](C)(O)C[C@@H](C)C(=O)[C@H](C)[C@@H](O)[C@](C)(O)[C@@H](CCNC(=O)c3ccnc4ccccc34)OC(=O)[C@@H]2C)O[C@@H](C)[C@@H]1O. The molecule has 5 rings (SSSR count). The van der Waals surface area contributed by atoms with Crippen molar-refractivity contribution in [1.82, 2.24) is 15.2 Å². The largest absolute Gasteiger partial charge is 0.459 e. The molecule has 0 bridgehead atoms. The predicted molar refractivity (Wildman–Crippen MR) is 244 cm³/mol. The molecule has 1 aromatic heterocycles. The van der Waals surface area contributed by atoms with Gasteiger partial charge in [0, 0.05) is 62.8 Å². The Morgan fingerprint density at radius 2 is 1.58 bits per heavy atom. The summed E-state index contributed by atoms with van der Waals surface area (Å²) in [7, 11) is 5.14. The number of cyclic esters (lactones) is 1. The molecule has 0 aliphatic carbocycles. The van der Waals surface area contributed by atoms with Crippen LogP contribution in [0.15, 0.2) is 36.5 Å². The minimum absolute atomic E-state index is 0.0175. The number of carbonyl (C=O) groups excluding carboxylic acids is 4. The van der Waals surface area contributed by atoms with Crippen LogP contribution in [0, 0.1) is 23.7 Å².